The van der Waals surface area contributed by atoms with Crippen molar-refractivity contribution in [1.29, 1.82) is 0 Å². The van der Waals surface area contributed by atoms with Crippen LogP contribution in [0.2, 0.25) is 5.02 Å². The second-order valence-electron chi connectivity index (χ2n) is 9.15. The van der Waals surface area contributed by atoms with E-state index >= 15 is 0 Å². The molecular formula is C29H29ClN2O4. The molecule has 36 heavy (non-hydrogen) atoms. The Morgan fingerprint density at radius 3 is 2.42 bits per heavy atom. The molecule has 0 saturated carbocycles. The Morgan fingerprint density at radius 2 is 1.75 bits per heavy atom. The van der Waals surface area contributed by atoms with Crippen LogP contribution in [-0.4, -0.2) is 53.8 Å². The molecule has 1 atom stereocenters. The van der Waals surface area contributed by atoms with Gasteiger partial charge in [0.05, 0.1) is 11.6 Å². The number of carbonyl (C=O) groups is 2. The number of aliphatic hydroxyl groups is 1. The number of ether oxygens (including phenoxy) is 1. The first-order valence-corrected chi connectivity index (χ1v) is 12.1. The maximum absolute atomic E-state index is 13.1. The van der Waals surface area contributed by atoms with Gasteiger partial charge in [-0.2, -0.15) is 0 Å². The summed E-state index contributed by atoms with van der Waals surface area (Å²) in [7, 11) is 3.79. The summed E-state index contributed by atoms with van der Waals surface area (Å²) in [6, 6.07) is 21.2. The van der Waals surface area contributed by atoms with Crippen LogP contribution in [0.1, 0.15) is 28.3 Å². The lowest BCUT2D eigenvalue weighted by atomic mass is 9.95. The van der Waals surface area contributed by atoms with E-state index in [9.17, 15) is 14.7 Å². The number of halogens is 1. The zero-order valence-corrected chi connectivity index (χ0v) is 21.3. The molecule has 186 valence electrons. The van der Waals surface area contributed by atoms with Crippen molar-refractivity contribution < 1.29 is 19.4 Å². The van der Waals surface area contributed by atoms with Crippen LogP contribution in [0, 0.1) is 6.92 Å². The zero-order chi connectivity index (χ0) is 25.8. The summed E-state index contributed by atoms with van der Waals surface area (Å²) in [6.45, 7) is 3.34. The monoisotopic (exact) mass is 504 g/mol. The molecule has 1 aliphatic heterocycles. The van der Waals surface area contributed by atoms with Gasteiger partial charge in [0.1, 0.15) is 18.1 Å². The lowest BCUT2D eigenvalue weighted by Gasteiger charge is -2.26. The second kappa shape index (κ2) is 11.0. The molecule has 1 fully saturated rings. The van der Waals surface area contributed by atoms with Gasteiger partial charge in [-0.3, -0.25) is 9.59 Å². The van der Waals surface area contributed by atoms with Crippen LogP contribution in [0.3, 0.4) is 0 Å². The molecule has 3 aromatic carbocycles. The van der Waals surface area contributed by atoms with Crippen LogP contribution in [-0.2, 0) is 16.2 Å². The van der Waals surface area contributed by atoms with Gasteiger partial charge in [0.2, 0.25) is 0 Å². The molecule has 1 unspecified atom stereocenters. The van der Waals surface area contributed by atoms with Gasteiger partial charge in [-0.25, -0.2) is 0 Å². The van der Waals surface area contributed by atoms with Crippen LogP contribution in [0.5, 0.6) is 5.75 Å². The summed E-state index contributed by atoms with van der Waals surface area (Å²) in [6.07, 6.45) is 0. The third kappa shape index (κ3) is 5.61. The van der Waals surface area contributed by atoms with Crippen molar-refractivity contribution >= 4 is 29.1 Å². The lowest BCUT2D eigenvalue weighted by molar-refractivity contribution is -0.140. The lowest BCUT2D eigenvalue weighted by Crippen LogP contribution is -2.35. The number of carbonyl (C=O) groups excluding carboxylic acids is 2. The summed E-state index contributed by atoms with van der Waals surface area (Å²) in [5.41, 5.74) is 3.36. The third-order valence-corrected chi connectivity index (χ3v) is 6.34. The Bertz CT molecular complexity index is 1300. The van der Waals surface area contributed by atoms with Crippen LogP contribution in [0.25, 0.3) is 5.76 Å². The van der Waals surface area contributed by atoms with E-state index in [0.29, 0.717) is 41.6 Å². The highest BCUT2D eigenvalue weighted by atomic mass is 35.5. The molecule has 1 N–H and O–H groups in total. The van der Waals surface area contributed by atoms with Crippen molar-refractivity contribution in [3.8, 4) is 5.75 Å². The van der Waals surface area contributed by atoms with Crippen LogP contribution in [0.15, 0.2) is 78.4 Å². The van der Waals surface area contributed by atoms with E-state index in [4.69, 9.17) is 16.3 Å². The summed E-state index contributed by atoms with van der Waals surface area (Å²) in [4.78, 5) is 29.5. The molecule has 0 aliphatic carbocycles. The topological polar surface area (TPSA) is 70.1 Å². The quantitative estimate of drug-likeness (QED) is 0.259. The molecule has 6 nitrogen and oxygen atoms in total. The second-order valence-corrected chi connectivity index (χ2v) is 9.59. The van der Waals surface area contributed by atoms with Crippen LogP contribution in [0.4, 0.5) is 0 Å². The van der Waals surface area contributed by atoms with Gasteiger partial charge >= 0.3 is 0 Å². The normalized spacial score (nSPS) is 17.1. The molecule has 4 rings (SSSR count). The van der Waals surface area contributed by atoms with Crippen molar-refractivity contribution in [3.05, 3.63) is 106 Å². The maximum Gasteiger partial charge on any atom is 0.295 e. The Kier molecular flexibility index (Phi) is 7.77. The number of amides is 1. The first-order chi connectivity index (χ1) is 17.2. The molecule has 0 spiro atoms. The first kappa shape index (κ1) is 25.5. The van der Waals surface area contributed by atoms with E-state index in [1.165, 1.54) is 4.90 Å². The number of benzene rings is 3. The minimum absolute atomic E-state index is 0.0504. The number of nitrogens with zero attached hydrogens (tertiary/aromatic N) is 2. The van der Waals surface area contributed by atoms with Crippen molar-refractivity contribution in [2.24, 2.45) is 0 Å². The Labute approximate surface area is 216 Å². The van der Waals surface area contributed by atoms with Crippen LogP contribution < -0.4 is 4.74 Å². The number of aryl methyl sites for hydroxylation is 1. The summed E-state index contributed by atoms with van der Waals surface area (Å²) >= 11 is 6.23. The third-order valence-electron chi connectivity index (χ3n) is 6.11. The standard InChI is InChI=1S/C29H29ClN2O4/c1-19-6-4-7-20(16-19)18-36-24-12-10-21(11-13-24)27(33)25-26(22-8-5-9-23(30)17-22)32(15-14-31(2)3)29(35)28(25)34/h4-13,16-17,26,33H,14-15,18H2,1-3H3/b27-25-. The summed E-state index contributed by atoms with van der Waals surface area (Å²) in [5.74, 6) is -0.945. The predicted octanol–water partition coefficient (Wildman–Crippen LogP) is 5.21. The summed E-state index contributed by atoms with van der Waals surface area (Å²) in [5, 5.41) is 11.7. The largest absolute Gasteiger partial charge is 0.507 e. The SMILES string of the molecule is Cc1cccc(COc2ccc(/C(O)=C3/C(=O)C(=O)N(CCN(C)C)C3c3cccc(Cl)c3)cc2)c1. The summed E-state index contributed by atoms with van der Waals surface area (Å²) < 4.78 is 5.87. The highest BCUT2D eigenvalue weighted by Gasteiger charge is 2.45. The number of aliphatic hydroxyl groups excluding tert-OH is 1. The molecule has 0 aromatic heterocycles. The smallest absolute Gasteiger partial charge is 0.295 e. The number of ketones is 1. The van der Waals surface area contributed by atoms with E-state index in [1.54, 1.807) is 48.5 Å². The fourth-order valence-electron chi connectivity index (χ4n) is 4.27. The average Bonchev–Trinajstić information content (AvgIpc) is 3.11. The Morgan fingerprint density at radius 1 is 1.03 bits per heavy atom. The van der Waals surface area contributed by atoms with Crippen molar-refractivity contribution in [2.75, 3.05) is 27.2 Å². The predicted molar refractivity (Wildman–Crippen MR) is 141 cm³/mol. The minimum Gasteiger partial charge on any atom is -0.507 e. The average molecular weight is 505 g/mol. The van der Waals surface area contributed by atoms with E-state index in [0.717, 1.165) is 11.1 Å². The fraction of sp³-hybridized carbons (Fsp3) is 0.241. The van der Waals surface area contributed by atoms with Gasteiger partial charge in [0.15, 0.2) is 0 Å². The van der Waals surface area contributed by atoms with Crippen molar-refractivity contribution in [2.45, 2.75) is 19.6 Å². The molecule has 1 aliphatic rings. The highest BCUT2D eigenvalue weighted by molar-refractivity contribution is 6.46. The number of Topliss-reactive ketones (excluding diaryl/α,β-unsaturated/α-hetero) is 1. The van der Waals surface area contributed by atoms with Gasteiger partial charge in [-0.1, -0.05) is 53.6 Å². The van der Waals surface area contributed by atoms with Gasteiger partial charge in [0.25, 0.3) is 11.7 Å². The van der Waals surface area contributed by atoms with Crippen molar-refractivity contribution in [1.82, 2.24) is 9.80 Å². The molecule has 1 saturated heterocycles. The Hall–Kier alpha value is -3.61. The number of likely N-dealkylation sites (tertiary alicyclic amines) is 1. The molecule has 1 heterocycles. The van der Waals surface area contributed by atoms with Gasteiger partial charge in [-0.15, -0.1) is 0 Å². The highest BCUT2D eigenvalue weighted by Crippen LogP contribution is 2.40. The minimum atomic E-state index is -0.735. The maximum atomic E-state index is 13.1. The molecule has 3 aromatic rings. The van der Waals surface area contributed by atoms with Gasteiger partial charge in [0, 0.05) is 23.7 Å². The van der Waals surface area contributed by atoms with Crippen molar-refractivity contribution in [3.63, 3.8) is 0 Å². The molecule has 0 radical (unpaired) electrons. The Balaban J connectivity index is 1.64. The molecule has 7 heteroatoms. The van der Waals surface area contributed by atoms with Gasteiger partial charge in [-0.05, 0) is 68.5 Å². The van der Waals surface area contributed by atoms with E-state index in [2.05, 4.69) is 6.07 Å². The van der Waals surface area contributed by atoms with Gasteiger partial charge < -0.3 is 19.6 Å². The van der Waals surface area contributed by atoms with Crippen LogP contribution >= 0.6 is 11.6 Å². The van der Waals surface area contributed by atoms with E-state index < -0.39 is 17.7 Å². The number of rotatable bonds is 8. The first-order valence-electron chi connectivity index (χ1n) is 11.7. The number of hydrogen-bond acceptors (Lipinski definition) is 5. The molecular weight excluding hydrogens is 476 g/mol. The fourth-order valence-corrected chi connectivity index (χ4v) is 4.47. The number of likely N-dealkylation sites (N-methyl/N-ethyl adjacent to an activating group) is 1. The molecule has 1 amide bonds. The van der Waals surface area contributed by atoms with E-state index in [1.807, 2.05) is 44.1 Å². The van der Waals surface area contributed by atoms with E-state index in [-0.39, 0.29) is 11.3 Å². The zero-order valence-electron chi connectivity index (χ0n) is 20.6. The molecule has 0 bridgehead atoms. The number of hydrogen-bond donors (Lipinski definition) is 1.